The molecule has 0 aromatic carbocycles. The monoisotopic (exact) mass is 449 g/mol. The van der Waals surface area contributed by atoms with E-state index in [0.717, 1.165) is 32.1 Å². The van der Waals surface area contributed by atoms with E-state index in [4.69, 9.17) is 9.47 Å². The summed E-state index contributed by atoms with van der Waals surface area (Å²) in [6.45, 7) is 4.29. The van der Waals surface area contributed by atoms with E-state index < -0.39 is 17.6 Å². The molecule has 0 radical (unpaired) electrons. The van der Waals surface area contributed by atoms with Crippen LogP contribution in [-0.4, -0.2) is 77.3 Å². The number of amides is 3. The van der Waals surface area contributed by atoms with Crippen molar-refractivity contribution in [1.29, 1.82) is 0 Å². The van der Waals surface area contributed by atoms with Crippen LogP contribution in [0.4, 0.5) is 4.79 Å². The first-order valence-electron chi connectivity index (χ1n) is 11.6. The van der Waals surface area contributed by atoms with Crippen LogP contribution in [0.1, 0.15) is 57.6 Å². The Morgan fingerprint density at radius 3 is 2.66 bits per heavy atom. The van der Waals surface area contributed by atoms with E-state index in [1.807, 2.05) is 6.92 Å². The molecule has 178 valence electrons. The van der Waals surface area contributed by atoms with Crippen LogP contribution < -0.4 is 10.6 Å². The van der Waals surface area contributed by atoms with Crippen molar-refractivity contribution in [2.45, 2.75) is 69.9 Å². The summed E-state index contributed by atoms with van der Waals surface area (Å²) in [6, 6.07) is -1.14. The number of carbonyl (C=O) groups is 3. The number of hydrogen-bond acceptors (Lipinski definition) is 6. The zero-order valence-electron chi connectivity index (χ0n) is 18.9. The van der Waals surface area contributed by atoms with Gasteiger partial charge < -0.3 is 30.0 Å². The molecule has 10 heteroatoms. The highest BCUT2D eigenvalue weighted by Gasteiger charge is 2.43. The Bertz CT molecular complexity index is 742. The minimum Gasteiger partial charge on any atom is -0.464 e. The average molecular weight is 450 g/mol. The molecule has 3 N–H and O–H groups in total. The number of H-pyrrole nitrogens is 1. The van der Waals surface area contributed by atoms with Crippen molar-refractivity contribution in [2.24, 2.45) is 0 Å². The van der Waals surface area contributed by atoms with Gasteiger partial charge in [-0.25, -0.2) is 14.6 Å². The number of aromatic nitrogens is 2. The first kappa shape index (κ1) is 24.0. The number of unbranched alkanes of at least 4 members (excludes halogenated alkanes) is 1. The number of rotatable bonds is 9. The summed E-state index contributed by atoms with van der Waals surface area (Å²) < 4.78 is 10.7. The molecule has 3 amide bonds. The first-order chi connectivity index (χ1) is 15.5. The maximum Gasteiger partial charge on any atom is 0.329 e. The second-order valence-corrected chi connectivity index (χ2v) is 8.48. The quantitative estimate of drug-likeness (QED) is 0.388. The average Bonchev–Trinajstić information content (AvgIpc) is 3.33. The molecule has 2 aliphatic rings. The molecule has 1 atom stereocenters. The van der Waals surface area contributed by atoms with Gasteiger partial charge >= 0.3 is 12.0 Å². The zero-order chi connectivity index (χ0) is 22.8. The van der Waals surface area contributed by atoms with Gasteiger partial charge in [-0.3, -0.25) is 4.79 Å². The minimum absolute atomic E-state index is 0.216. The molecule has 2 fully saturated rings. The fraction of sp³-hybridized carbons (Fsp3) is 0.727. The Labute approximate surface area is 188 Å². The van der Waals surface area contributed by atoms with Gasteiger partial charge in [0, 0.05) is 25.7 Å². The van der Waals surface area contributed by atoms with Gasteiger partial charge in [0.15, 0.2) is 0 Å². The SMILES string of the molecule is CCCCOC(=O)[C@H](Cc1c[nH]cn1)NC(=O)C1(NC(=O)N2CCOCC2)CCCCC1. The molecule has 1 saturated carbocycles. The van der Waals surface area contributed by atoms with Crippen LogP contribution >= 0.6 is 0 Å². The number of morpholine rings is 1. The number of imidazole rings is 1. The molecular weight excluding hydrogens is 414 g/mol. The molecule has 1 aliphatic heterocycles. The topological polar surface area (TPSA) is 126 Å². The Morgan fingerprint density at radius 2 is 2.00 bits per heavy atom. The normalized spacial score (nSPS) is 19.1. The molecule has 0 unspecified atom stereocenters. The highest BCUT2D eigenvalue weighted by molar-refractivity contribution is 5.94. The second-order valence-electron chi connectivity index (χ2n) is 8.48. The van der Waals surface area contributed by atoms with Crippen molar-refractivity contribution in [2.75, 3.05) is 32.9 Å². The third-order valence-corrected chi connectivity index (χ3v) is 6.09. The lowest BCUT2D eigenvalue weighted by atomic mass is 9.80. The van der Waals surface area contributed by atoms with Crippen LogP contribution in [0.3, 0.4) is 0 Å². The molecule has 1 aromatic heterocycles. The van der Waals surface area contributed by atoms with Gasteiger partial charge in [-0.2, -0.15) is 0 Å². The number of esters is 1. The summed E-state index contributed by atoms with van der Waals surface area (Å²) in [5.41, 5.74) is -0.390. The number of ether oxygens (including phenoxy) is 2. The van der Waals surface area contributed by atoms with Gasteiger partial charge in [0.25, 0.3) is 0 Å². The van der Waals surface area contributed by atoms with Crippen molar-refractivity contribution in [3.8, 4) is 0 Å². The van der Waals surface area contributed by atoms with Crippen LogP contribution in [0.15, 0.2) is 12.5 Å². The minimum atomic E-state index is -1.04. The van der Waals surface area contributed by atoms with Crippen molar-refractivity contribution < 1.29 is 23.9 Å². The van der Waals surface area contributed by atoms with Crippen LogP contribution in [-0.2, 0) is 25.5 Å². The van der Waals surface area contributed by atoms with Crippen LogP contribution in [0.2, 0.25) is 0 Å². The molecule has 1 saturated heterocycles. The summed E-state index contributed by atoms with van der Waals surface area (Å²) >= 11 is 0. The maximum atomic E-state index is 13.5. The molecule has 3 rings (SSSR count). The van der Waals surface area contributed by atoms with Crippen LogP contribution in [0.25, 0.3) is 0 Å². The summed E-state index contributed by atoms with van der Waals surface area (Å²) in [5.74, 6) is -0.827. The molecule has 1 aliphatic carbocycles. The predicted octanol–water partition coefficient (Wildman–Crippen LogP) is 1.53. The van der Waals surface area contributed by atoms with Gasteiger partial charge in [0.05, 0.1) is 31.8 Å². The fourth-order valence-electron chi connectivity index (χ4n) is 4.13. The summed E-state index contributed by atoms with van der Waals surface area (Å²) in [5, 5.41) is 5.88. The van der Waals surface area contributed by atoms with Gasteiger partial charge in [-0.05, 0) is 19.3 Å². The van der Waals surface area contributed by atoms with E-state index in [2.05, 4.69) is 20.6 Å². The summed E-state index contributed by atoms with van der Waals surface area (Å²) in [6.07, 6.45) is 8.85. The van der Waals surface area contributed by atoms with Crippen molar-refractivity contribution in [1.82, 2.24) is 25.5 Å². The Balaban J connectivity index is 1.71. The standard InChI is InChI=1S/C22H35N5O5/c1-2-3-11-32-19(28)18(14-17-15-23-16-24-17)25-20(29)22(7-5-4-6-8-22)26-21(30)27-9-12-31-13-10-27/h15-16,18H,2-14H2,1H3,(H,23,24)(H,25,29)(H,26,30)/t18-/m0/s1. The van der Waals surface area contributed by atoms with E-state index in [1.165, 1.54) is 6.33 Å². The predicted molar refractivity (Wildman–Crippen MR) is 117 cm³/mol. The Hall–Kier alpha value is -2.62. The van der Waals surface area contributed by atoms with E-state index in [-0.39, 0.29) is 18.4 Å². The first-order valence-corrected chi connectivity index (χ1v) is 11.6. The highest BCUT2D eigenvalue weighted by Crippen LogP contribution is 2.29. The zero-order valence-corrected chi connectivity index (χ0v) is 18.9. The fourth-order valence-corrected chi connectivity index (χ4v) is 4.13. The van der Waals surface area contributed by atoms with Crippen molar-refractivity contribution >= 4 is 17.9 Å². The third-order valence-electron chi connectivity index (χ3n) is 6.09. The smallest absolute Gasteiger partial charge is 0.329 e. The number of nitrogens with one attached hydrogen (secondary N) is 3. The number of hydrogen-bond donors (Lipinski definition) is 3. The van der Waals surface area contributed by atoms with E-state index in [0.29, 0.717) is 51.4 Å². The Kier molecular flexibility index (Phi) is 8.90. The second kappa shape index (κ2) is 11.8. The molecule has 2 heterocycles. The van der Waals surface area contributed by atoms with Gasteiger partial charge in [-0.15, -0.1) is 0 Å². The molecular formula is C22H35N5O5. The van der Waals surface area contributed by atoms with Crippen LogP contribution in [0, 0.1) is 0 Å². The Morgan fingerprint density at radius 1 is 1.25 bits per heavy atom. The maximum absolute atomic E-state index is 13.5. The molecule has 32 heavy (non-hydrogen) atoms. The van der Waals surface area contributed by atoms with Gasteiger partial charge in [0.1, 0.15) is 11.6 Å². The lowest BCUT2D eigenvalue weighted by Crippen LogP contribution is -2.64. The summed E-state index contributed by atoms with van der Waals surface area (Å²) in [4.78, 5) is 47.9. The molecule has 10 nitrogen and oxygen atoms in total. The lowest BCUT2D eigenvalue weighted by Gasteiger charge is -2.39. The largest absolute Gasteiger partial charge is 0.464 e. The van der Waals surface area contributed by atoms with E-state index in [9.17, 15) is 14.4 Å². The molecule has 0 bridgehead atoms. The highest BCUT2D eigenvalue weighted by atomic mass is 16.5. The van der Waals surface area contributed by atoms with E-state index in [1.54, 1.807) is 11.1 Å². The number of carbonyl (C=O) groups excluding carboxylic acids is 3. The lowest BCUT2D eigenvalue weighted by molar-refractivity contribution is -0.149. The number of aromatic amines is 1. The van der Waals surface area contributed by atoms with E-state index >= 15 is 0 Å². The van der Waals surface area contributed by atoms with Gasteiger partial charge in [0.2, 0.25) is 5.91 Å². The number of nitrogens with zero attached hydrogens (tertiary/aromatic N) is 2. The molecule has 1 aromatic rings. The van der Waals surface area contributed by atoms with Crippen LogP contribution in [0.5, 0.6) is 0 Å². The third kappa shape index (κ3) is 6.44. The van der Waals surface area contributed by atoms with Gasteiger partial charge in [-0.1, -0.05) is 32.6 Å². The molecule has 0 spiro atoms. The summed E-state index contributed by atoms with van der Waals surface area (Å²) in [7, 11) is 0. The van der Waals surface area contributed by atoms with Crippen molar-refractivity contribution in [3.05, 3.63) is 18.2 Å². The number of urea groups is 1. The van der Waals surface area contributed by atoms with Crippen molar-refractivity contribution in [3.63, 3.8) is 0 Å².